The van der Waals surface area contributed by atoms with Crippen molar-refractivity contribution >= 4 is 7.48 Å². The van der Waals surface area contributed by atoms with Gasteiger partial charge in [-0.1, -0.05) is 33.6 Å². The van der Waals surface area contributed by atoms with Crippen LogP contribution in [-0.4, -0.2) is 13.1 Å². The third-order valence-corrected chi connectivity index (χ3v) is 2.20. The van der Waals surface area contributed by atoms with Crippen molar-refractivity contribution < 1.29 is 4.65 Å². The van der Waals surface area contributed by atoms with Crippen LogP contribution in [0.15, 0.2) is 0 Å². The van der Waals surface area contributed by atoms with Crippen LogP contribution in [0.1, 0.15) is 48.5 Å². The van der Waals surface area contributed by atoms with E-state index in [1.807, 2.05) is 7.48 Å². The monoisotopic (exact) mass is 169 g/mol. The van der Waals surface area contributed by atoms with Crippen LogP contribution < -0.4 is 0 Å². The smallest absolute Gasteiger partial charge is 0.00963 e. The van der Waals surface area contributed by atoms with Gasteiger partial charge in [-0.2, -0.15) is 12.8 Å². The molecule has 0 bridgehead atoms. The molecule has 0 N–H and O–H groups in total. The minimum atomic E-state index is -0.0633. The van der Waals surface area contributed by atoms with Gasteiger partial charge in [0, 0.05) is 5.60 Å². The Kier molecular flexibility index (Phi) is 3.83. The highest BCUT2D eigenvalue weighted by molar-refractivity contribution is 6.32. The molecule has 0 aromatic heterocycles. The lowest BCUT2D eigenvalue weighted by atomic mass is 9.59. The summed E-state index contributed by atoms with van der Waals surface area (Å²) < 4.78 is 5.63. The maximum Gasteiger partial charge on any atom is 0.00963 e. The summed E-state index contributed by atoms with van der Waals surface area (Å²) in [6.07, 6.45) is 0. The molecule has 0 amide bonds. The largest absolute Gasteiger partial charge is 0.657 e. The first-order chi connectivity index (χ1) is 5.15. The minimum Gasteiger partial charge on any atom is -0.657 e. The highest BCUT2D eigenvalue weighted by Crippen LogP contribution is 2.33. The zero-order valence-electron chi connectivity index (χ0n) is 9.56. The Morgan fingerprint density at radius 3 is 1.67 bits per heavy atom. The zero-order valence-corrected chi connectivity index (χ0v) is 9.56. The van der Waals surface area contributed by atoms with Crippen LogP contribution in [0.25, 0.3) is 0 Å². The molecule has 0 aromatic rings. The Hall–Kier alpha value is 0.0249. The van der Waals surface area contributed by atoms with Crippen molar-refractivity contribution in [3.63, 3.8) is 0 Å². The van der Waals surface area contributed by atoms with E-state index in [1.54, 1.807) is 0 Å². The lowest BCUT2D eigenvalue weighted by Gasteiger charge is -2.46. The van der Waals surface area contributed by atoms with Gasteiger partial charge in [0.1, 0.15) is 0 Å². The van der Waals surface area contributed by atoms with Gasteiger partial charge in [0.2, 0.25) is 0 Å². The summed E-state index contributed by atoms with van der Waals surface area (Å²) in [6.45, 7) is 15.0. The zero-order chi connectivity index (χ0) is 9.99. The molecule has 0 fully saturated rings. The van der Waals surface area contributed by atoms with Crippen molar-refractivity contribution in [2.45, 2.75) is 59.4 Å². The fraction of sp³-hybridized carbons (Fsp3) is 1.00. The predicted molar refractivity (Wildman–Crippen MR) is 55.5 cm³/mol. The first kappa shape index (κ1) is 12.0. The molecular formula is C10H22BO-. The molecule has 72 valence electrons. The summed E-state index contributed by atoms with van der Waals surface area (Å²) in [4.78, 5) is 0. The second-order valence-electron chi connectivity index (χ2n) is 5.32. The molecule has 0 heterocycles. The summed E-state index contributed by atoms with van der Waals surface area (Å²) in [7, 11) is 1.97. The molecule has 0 rings (SSSR count). The van der Waals surface area contributed by atoms with Crippen LogP contribution >= 0.6 is 0 Å². The second kappa shape index (κ2) is 3.82. The van der Waals surface area contributed by atoms with Crippen LogP contribution in [0, 0.1) is 5.92 Å². The van der Waals surface area contributed by atoms with E-state index in [2.05, 4.69) is 48.5 Å². The summed E-state index contributed by atoms with van der Waals surface area (Å²) in [5.74, 6) is 0.611. The summed E-state index contributed by atoms with van der Waals surface area (Å²) in [5.41, 5.74) is -0.0633. The Morgan fingerprint density at radius 1 is 1.00 bits per heavy atom. The standard InChI is InChI=1S/C10H22BO/c1-8(2)10(6,7)11-12-9(3,4)5/h8H,1-7H3/q-1. The van der Waals surface area contributed by atoms with Crippen LogP contribution in [0.3, 0.4) is 0 Å². The molecule has 2 radical (unpaired) electrons. The topological polar surface area (TPSA) is 9.23 Å². The van der Waals surface area contributed by atoms with Crippen molar-refractivity contribution in [2.75, 3.05) is 0 Å². The molecule has 0 saturated heterocycles. The van der Waals surface area contributed by atoms with Gasteiger partial charge in [0.05, 0.1) is 0 Å². The first-order valence-electron chi connectivity index (χ1n) is 4.67. The minimum absolute atomic E-state index is 0.0633. The molecular weight excluding hydrogens is 147 g/mol. The third-order valence-electron chi connectivity index (χ3n) is 2.20. The first-order valence-corrected chi connectivity index (χ1v) is 4.67. The van der Waals surface area contributed by atoms with E-state index in [4.69, 9.17) is 4.65 Å². The van der Waals surface area contributed by atoms with E-state index < -0.39 is 0 Å². The van der Waals surface area contributed by atoms with Crippen molar-refractivity contribution in [1.82, 2.24) is 0 Å². The van der Waals surface area contributed by atoms with Crippen molar-refractivity contribution in [3.8, 4) is 0 Å². The molecule has 0 aliphatic rings. The lowest BCUT2D eigenvalue weighted by Crippen LogP contribution is -2.30. The Morgan fingerprint density at radius 2 is 1.42 bits per heavy atom. The normalized spacial score (nSPS) is 14.0. The molecule has 0 atom stereocenters. The van der Waals surface area contributed by atoms with E-state index in [1.165, 1.54) is 0 Å². The fourth-order valence-corrected chi connectivity index (χ4v) is 0.465. The van der Waals surface area contributed by atoms with Gasteiger partial charge in [0.15, 0.2) is 0 Å². The maximum atomic E-state index is 5.63. The fourth-order valence-electron chi connectivity index (χ4n) is 0.465. The van der Waals surface area contributed by atoms with E-state index >= 15 is 0 Å². The maximum absolute atomic E-state index is 5.63. The molecule has 0 aromatic carbocycles. The van der Waals surface area contributed by atoms with Crippen LogP contribution in [0.2, 0.25) is 5.31 Å². The van der Waals surface area contributed by atoms with E-state index in [0.717, 1.165) is 0 Å². The second-order valence-corrected chi connectivity index (χ2v) is 5.32. The Bertz CT molecular complexity index is 133. The Labute approximate surface area is 78.2 Å². The average molecular weight is 169 g/mol. The number of rotatable bonds is 3. The summed E-state index contributed by atoms with van der Waals surface area (Å²) in [5, 5.41) is 0.160. The Balaban J connectivity index is 3.93. The highest BCUT2D eigenvalue weighted by atomic mass is 16.5. The van der Waals surface area contributed by atoms with Crippen molar-refractivity contribution in [1.29, 1.82) is 0 Å². The van der Waals surface area contributed by atoms with Crippen LogP contribution in [-0.2, 0) is 4.65 Å². The number of hydrogen-bond acceptors (Lipinski definition) is 1. The van der Waals surface area contributed by atoms with Gasteiger partial charge >= 0.3 is 0 Å². The van der Waals surface area contributed by atoms with Gasteiger partial charge < -0.3 is 4.65 Å². The van der Waals surface area contributed by atoms with E-state index in [9.17, 15) is 0 Å². The third kappa shape index (κ3) is 4.81. The van der Waals surface area contributed by atoms with Gasteiger partial charge in [-0.15, -0.1) is 0 Å². The molecule has 0 spiro atoms. The van der Waals surface area contributed by atoms with Crippen LogP contribution in [0.5, 0.6) is 0 Å². The summed E-state index contributed by atoms with van der Waals surface area (Å²) >= 11 is 0. The van der Waals surface area contributed by atoms with Gasteiger partial charge in [0.25, 0.3) is 0 Å². The van der Waals surface area contributed by atoms with E-state index in [-0.39, 0.29) is 10.9 Å². The van der Waals surface area contributed by atoms with Gasteiger partial charge in [-0.05, 0) is 20.8 Å². The summed E-state index contributed by atoms with van der Waals surface area (Å²) in [6, 6.07) is 0. The van der Waals surface area contributed by atoms with Crippen molar-refractivity contribution in [2.24, 2.45) is 5.92 Å². The predicted octanol–water partition coefficient (Wildman–Crippen LogP) is 3.28. The van der Waals surface area contributed by atoms with Gasteiger partial charge in [-0.25, -0.2) is 0 Å². The molecule has 0 unspecified atom stereocenters. The van der Waals surface area contributed by atoms with Crippen LogP contribution in [0.4, 0.5) is 0 Å². The van der Waals surface area contributed by atoms with Gasteiger partial charge in [-0.3, -0.25) is 0 Å². The molecule has 1 nitrogen and oxygen atoms in total. The highest BCUT2D eigenvalue weighted by Gasteiger charge is 2.13. The quantitative estimate of drug-likeness (QED) is 0.589. The lowest BCUT2D eigenvalue weighted by molar-refractivity contribution is 0.127. The average Bonchev–Trinajstić information content (AvgIpc) is 1.82. The van der Waals surface area contributed by atoms with E-state index in [0.29, 0.717) is 5.92 Å². The molecule has 0 aliphatic carbocycles. The molecule has 0 saturated carbocycles. The van der Waals surface area contributed by atoms with Crippen molar-refractivity contribution in [3.05, 3.63) is 0 Å². The number of hydrogen-bond donors (Lipinski definition) is 0. The molecule has 0 aliphatic heterocycles. The molecule has 2 heteroatoms. The molecule has 12 heavy (non-hydrogen) atoms. The SMILES string of the molecule is CC(C)C(C)(C)[B-]OC(C)(C)C.